The first-order valence-corrected chi connectivity index (χ1v) is 9.94. The largest absolute Gasteiger partial charge is 0.337 e. The molecule has 1 aliphatic heterocycles. The second-order valence-corrected chi connectivity index (χ2v) is 8.99. The molecule has 0 spiro atoms. The van der Waals surface area contributed by atoms with Crippen molar-refractivity contribution in [3.8, 4) is 0 Å². The second-order valence-electron chi connectivity index (χ2n) is 5.80. The minimum Gasteiger partial charge on any atom is -0.337 e. The molecule has 0 aromatic carbocycles. The average Bonchev–Trinajstić information content (AvgIpc) is 3.14. The van der Waals surface area contributed by atoms with Crippen molar-refractivity contribution in [3.05, 3.63) is 27.5 Å². The Hall–Kier alpha value is -1.74. The number of nitrogens with one attached hydrogen (secondary N) is 1. The van der Waals surface area contributed by atoms with E-state index in [9.17, 15) is 13.2 Å². The van der Waals surface area contributed by atoms with Gasteiger partial charge in [0.05, 0.1) is 22.6 Å². The highest BCUT2D eigenvalue weighted by molar-refractivity contribution is 7.90. The summed E-state index contributed by atoms with van der Waals surface area (Å²) in [6.45, 7) is 4.80. The third-order valence-corrected chi connectivity index (χ3v) is 6.20. The van der Waals surface area contributed by atoms with Gasteiger partial charge in [0, 0.05) is 25.3 Å². The Kier molecular flexibility index (Phi) is 4.01. The molecular weight excluding hydrogens is 336 g/mol. The van der Waals surface area contributed by atoms with Crippen LogP contribution in [0.5, 0.6) is 0 Å². The Bertz CT molecular complexity index is 853. The van der Waals surface area contributed by atoms with Crippen LogP contribution in [0.4, 0.5) is 0 Å². The Balaban J connectivity index is 1.81. The molecule has 124 valence electrons. The van der Waals surface area contributed by atoms with Crippen molar-refractivity contribution in [2.24, 2.45) is 0 Å². The molecule has 1 N–H and O–H groups in total. The molecular formula is C14H18N4O3S2. The molecule has 3 heterocycles. The number of likely N-dealkylation sites (tertiary alicyclic amines) is 1. The van der Waals surface area contributed by atoms with Gasteiger partial charge in [-0.05, 0) is 20.3 Å². The minimum atomic E-state index is -3.33. The minimum absolute atomic E-state index is 0.0315. The van der Waals surface area contributed by atoms with Gasteiger partial charge >= 0.3 is 0 Å². The molecule has 23 heavy (non-hydrogen) atoms. The summed E-state index contributed by atoms with van der Waals surface area (Å²) in [7, 11) is -3.33. The zero-order valence-electron chi connectivity index (χ0n) is 13.2. The van der Waals surface area contributed by atoms with Gasteiger partial charge in [0.25, 0.3) is 5.91 Å². The summed E-state index contributed by atoms with van der Waals surface area (Å²) in [6, 6.07) is 0. The van der Waals surface area contributed by atoms with Crippen molar-refractivity contribution >= 4 is 27.1 Å². The Labute approximate surface area is 138 Å². The molecule has 0 aliphatic carbocycles. The molecule has 1 saturated heterocycles. The molecule has 1 amide bonds. The molecule has 0 unspecified atom stereocenters. The normalized spacial score (nSPS) is 18.6. The van der Waals surface area contributed by atoms with E-state index in [1.165, 1.54) is 23.8 Å². The fourth-order valence-corrected chi connectivity index (χ4v) is 4.67. The van der Waals surface area contributed by atoms with Gasteiger partial charge in [-0.3, -0.25) is 9.89 Å². The lowest BCUT2D eigenvalue weighted by Gasteiger charge is -2.15. The molecule has 3 rings (SSSR count). The van der Waals surface area contributed by atoms with Crippen molar-refractivity contribution in [1.29, 1.82) is 0 Å². The summed E-state index contributed by atoms with van der Waals surface area (Å²) in [5.74, 6) is -0.0727. The summed E-state index contributed by atoms with van der Waals surface area (Å²) >= 11 is 1.40. The fourth-order valence-electron chi connectivity index (χ4n) is 2.93. The first kappa shape index (κ1) is 16.1. The molecule has 0 bridgehead atoms. The van der Waals surface area contributed by atoms with Crippen molar-refractivity contribution < 1.29 is 13.2 Å². The quantitative estimate of drug-likeness (QED) is 0.901. The number of sulfone groups is 1. The molecule has 9 heteroatoms. The Morgan fingerprint density at radius 1 is 1.43 bits per heavy atom. The van der Waals surface area contributed by atoms with Crippen molar-refractivity contribution in [2.45, 2.75) is 31.1 Å². The monoisotopic (exact) mass is 354 g/mol. The number of hydrogen-bond acceptors (Lipinski definition) is 6. The number of carbonyl (C=O) groups is 1. The number of nitrogens with zero attached hydrogens (tertiary/aromatic N) is 3. The van der Waals surface area contributed by atoms with Gasteiger partial charge in [0.15, 0.2) is 9.84 Å². The van der Waals surface area contributed by atoms with Gasteiger partial charge in [-0.25, -0.2) is 13.4 Å². The molecule has 1 fully saturated rings. The number of aromatic amines is 1. The first-order chi connectivity index (χ1) is 10.8. The van der Waals surface area contributed by atoms with Gasteiger partial charge in [0.1, 0.15) is 9.77 Å². The number of carbonyl (C=O) groups excluding carboxylic acids is 1. The van der Waals surface area contributed by atoms with E-state index >= 15 is 0 Å². The summed E-state index contributed by atoms with van der Waals surface area (Å²) in [4.78, 5) is 19.6. The number of amides is 1. The maximum absolute atomic E-state index is 12.6. The van der Waals surface area contributed by atoms with Gasteiger partial charge in [-0.15, -0.1) is 11.3 Å². The van der Waals surface area contributed by atoms with Crippen LogP contribution in [0.25, 0.3) is 0 Å². The predicted molar refractivity (Wildman–Crippen MR) is 86.5 cm³/mol. The summed E-state index contributed by atoms with van der Waals surface area (Å²) in [6.07, 6.45) is 3.22. The van der Waals surface area contributed by atoms with Crippen LogP contribution in [-0.4, -0.2) is 53.8 Å². The zero-order chi connectivity index (χ0) is 16.8. The standard InChI is InChI=1S/C14H18N4O3S2/c1-8-13(22-9(2)16-8)14(19)18-5-4-10(7-18)12-11(6-15-17-12)23(3,20)21/h6,10H,4-5,7H2,1-3H3,(H,15,17)/t10-/m1/s1. The zero-order valence-corrected chi connectivity index (χ0v) is 14.8. The third kappa shape index (κ3) is 3.02. The van der Waals surface area contributed by atoms with Crippen LogP contribution < -0.4 is 0 Å². The molecule has 0 radical (unpaired) electrons. The van der Waals surface area contributed by atoms with Crippen LogP contribution >= 0.6 is 11.3 Å². The van der Waals surface area contributed by atoms with Crippen LogP contribution in [0.2, 0.25) is 0 Å². The van der Waals surface area contributed by atoms with Crippen LogP contribution in [-0.2, 0) is 9.84 Å². The predicted octanol–water partition coefficient (Wildman–Crippen LogP) is 1.52. The van der Waals surface area contributed by atoms with E-state index in [0.29, 0.717) is 30.1 Å². The lowest BCUT2D eigenvalue weighted by molar-refractivity contribution is 0.0794. The summed E-state index contributed by atoms with van der Waals surface area (Å²) < 4.78 is 23.6. The van der Waals surface area contributed by atoms with Gasteiger partial charge in [0.2, 0.25) is 0 Å². The topological polar surface area (TPSA) is 96.0 Å². The van der Waals surface area contributed by atoms with Crippen molar-refractivity contribution in [2.75, 3.05) is 19.3 Å². The van der Waals surface area contributed by atoms with E-state index in [1.54, 1.807) is 4.90 Å². The highest BCUT2D eigenvalue weighted by Gasteiger charge is 2.33. The van der Waals surface area contributed by atoms with Gasteiger partial charge < -0.3 is 4.90 Å². The van der Waals surface area contributed by atoms with E-state index in [-0.39, 0.29) is 16.7 Å². The molecule has 1 aliphatic rings. The molecule has 1 atom stereocenters. The summed E-state index contributed by atoms with van der Waals surface area (Å²) in [5, 5.41) is 7.53. The number of hydrogen-bond donors (Lipinski definition) is 1. The van der Waals surface area contributed by atoms with E-state index in [4.69, 9.17) is 0 Å². The second kappa shape index (κ2) is 5.72. The number of aryl methyl sites for hydroxylation is 2. The number of aromatic nitrogens is 3. The van der Waals surface area contributed by atoms with Crippen LogP contribution in [0.1, 0.15) is 38.4 Å². The third-order valence-electron chi connectivity index (χ3n) is 4.01. The highest BCUT2D eigenvalue weighted by Crippen LogP contribution is 2.31. The molecule has 7 nitrogen and oxygen atoms in total. The maximum Gasteiger partial charge on any atom is 0.265 e. The highest BCUT2D eigenvalue weighted by atomic mass is 32.2. The lowest BCUT2D eigenvalue weighted by Crippen LogP contribution is -2.28. The summed E-state index contributed by atoms with van der Waals surface area (Å²) in [5.41, 5.74) is 1.35. The molecule has 2 aromatic rings. The Morgan fingerprint density at radius 2 is 2.17 bits per heavy atom. The smallest absolute Gasteiger partial charge is 0.265 e. The maximum atomic E-state index is 12.6. The van der Waals surface area contributed by atoms with E-state index in [1.807, 2.05) is 13.8 Å². The SMILES string of the molecule is Cc1nc(C)c(C(=O)N2CC[C@@H](c3[nH]ncc3S(C)(=O)=O)C2)s1. The van der Waals surface area contributed by atoms with Crippen molar-refractivity contribution in [1.82, 2.24) is 20.1 Å². The fraction of sp³-hybridized carbons (Fsp3) is 0.500. The van der Waals surface area contributed by atoms with Crippen LogP contribution in [0.15, 0.2) is 11.1 Å². The van der Waals surface area contributed by atoms with Crippen LogP contribution in [0.3, 0.4) is 0 Å². The first-order valence-electron chi connectivity index (χ1n) is 7.24. The number of rotatable bonds is 3. The lowest BCUT2D eigenvalue weighted by atomic mass is 10.1. The number of thiazole rings is 1. The van der Waals surface area contributed by atoms with E-state index in [0.717, 1.165) is 10.7 Å². The molecule has 0 saturated carbocycles. The number of H-pyrrole nitrogens is 1. The molecule has 2 aromatic heterocycles. The van der Waals surface area contributed by atoms with Gasteiger partial charge in [-0.2, -0.15) is 5.10 Å². The van der Waals surface area contributed by atoms with Gasteiger partial charge in [-0.1, -0.05) is 0 Å². The average molecular weight is 354 g/mol. The van der Waals surface area contributed by atoms with E-state index < -0.39 is 9.84 Å². The van der Waals surface area contributed by atoms with Crippen molar-refractivity contribution in [3.63, 3.8) is 0 Å². The Morgan fingerprint density at radius 3 is 2.78 bits per heavy atom. The van der Waals surface area contributed by atoms with E-state index in [2.05, 4.69) is 15.2 Å². The van der Waals surface area contributed by atoms with Crippen LogP contribution in [0, 0.1) is 13.8 Å².